The summed E-state index contributed by atoms with van der Waals surface area (Å²) in [5, 5.41) is 3.52. The van der Waals surface area contributed by atoms with Crippen molar-refractivity contribution in [2.24, 2.45) is 0 Å². The first-order valence-corrected chi connectivity index (χ1v) is 7.46. The van der Waals surface area contributed by atoms with Gasteiger partial charge in [0.1, 0.15) is 0 Å². The number of hydrogen-bond donors (Lipinski definition) is 1. The Balaban J connectivity index is 2.27. The van der Waals surface area contributed by atoms with Crippen molar-refractivity contribution in [1.82, 2.24) is 15.0 Å². The standard InChI is InChI=1S/C13H14BrClN4O2/c1-3-6-16-11-17-12(20-2)19-13(18-11)21-10-7-8(14)4-5-9(10)15/h4-5,7H,3,6H2,1-2H3,(H,16,17,18,19). The van der Waals surface area contributed by atoms with Gasteiger partial charge in [0.15, 0.2) is 5.75 Å². The van der Waals surface area contributed by atoms with Gasteiger partial charge in [-0.2, -0.15) is 9.97 Å². The molecule has 0 aliphatic heterocycles. The minimum absolute atomic E-state index is 0.112. The topological polar surface area (TPSA) is 69.2 Å². The van der Waals surface area contributed by atoms with Crippen molar-refractivity contribution in [3.05, 3.63) is 27.7 Å². The van der Waals surface area contributed by atoms with E-state index >= 15 is 0 Å². The van der Waals surface area contributed by atoms with E-state index in [1.54, 1.807) is 12.1 Å². The molecule has 0 bridgehead atoms. The highest BCUT2D eigenvalue weighted by molar-refractivity contribution is 9.10. The minimum atomic E-state index is 0.112. The highest BCUT2D eigenvalue weighted by atomic mass is 79.9. The van der Waals surface area contributed by atoms with Gasteiger partial charge < -0.3 is 14.8 Å². The number of ether oxygens (including phenoxy) is 2. The smallest absolute Gasteiger partial charge is 0.330 e. The van der Waals surface area contributed by atoms with Crippen LogP contribution in [0.5, 0.6) is 17.8 Å². The molecule has 0 unspecified atom stereocenters. The molecule has 0 aliphatic rings. The van der Waals surface area contributed by atoms with Gasteiger partial charge in [-0.25, -0.2) is 0 Å². The molecule has 1 aromatic carbocycles. The molecule has 0 amide bonds. The lowest BCUT2D eigenvalue weighted by Gasteiger charge is -2.09. The number of anilines is 1. The Morgan fingerprint density at radius 1 is 1.24 bits per heavy atom. The van der Waals surface area contributed by atoms with E-state index in [9.17, 15) is 0 Å². The molecule has 21 heavy (non-hydrogen) atoms. The number of nitrogens with one attached hydrogen (secondary N) is 1. The van der Waals surface area contributed by atoms with Crippen LogP contribution in [0.3, 0.4) is 0 Å². The second-order valence-corrected chi connectivity index (χ2v) is 5.35. The van der Waals surface area contributed by atoms with Gasteiger partial charge in [0, 0.05) is 11.0 Å². The van der Waals surface area contributed by atoms with Crippen LogP contribution in [0.2, 0.25) is 5.02 Å². The third-order valence-corrected chi connectivity index (χ3v) is 3.21. The average Bonchev–Trinajstić information content (AvgIpc) is 2.48. The van der Waals surface area contributed by atoms with Crippen LogP contribution in [0.15, 0.2) is 22.7 Å². The summed E-state index contributed by atoms with van der Waals surface area (Å²) in [6.07, 6.45) is 0.946. The largest absolute Gasteiger partial charge is 0.467 e. The molecule has 1 heterocycles. The fourth-order valence-electron chi connectivity index (χ4n) is 1.44. The highest BCUT2D eigenvalue weighted by Gasteiger charge is 2.11. The van der Waals surface area contributed by atoms with Gasteiger partial charge >= 0.3 is 12.0 Å². The summed E-state index contributed by atoms with van der Waals surface area (Å²) in [6.45, 7) is 2.79. The van der Waals surface area contributed by atoms with Crippen molar-refractivity contribution >= 4 is 33.5 Å². The second kappa shape index (κ2) is 7.42. The Hall–Kier alpha value is -1.60. The third kappa shape index (κ3) is 4.44. The molecule has 112 valence electrons. The van der Waals surface area contributed by atoms with E-state index in [2.05, 4.69) is 36.2 Å². The number of methoxy groups -OCH3 is 1. The molecule has 0 spiro atoms. The molecule has 0 saturated carbocycles. The summed E-state index contributed by atoms with van der Waals surface area (Å²) in [5.41, 5.74) is 0. The molecule has 2 aromatic rings. The summed E-state index contributed by atoms with van der Waals surface area (Å²) >= 11 is 9.44. The van der Waals surface area contributed by atoms with E-state index in [1.807, 2.05) is 13.0 Å². The summed E-state index contributed by atoms with van der Waals surface area (Å²) < 4.78 is 11.5. The second-order valence-electron chi connectivity index (χ2n) is 4.03. The van der Waals surface area contributed by atoms with E-state index in [4.69, 9.17) is 21.1 Å². The Bertz CT molecular complexity index is 627. The Labute approximate surface area is 136 Å². The Kier molecular flexibility index (Phi) is 5.58. The van der Waals surface area contributed by atoms with Gasteiger partial charge in [-0.15, -0.1) is 4.98 Å². The third-order valence-electron chi connectivity index (χ3n) is 2.40. The lowest BCUT2D eigenvalue weighted by atomic mass is 10.3. The minimum Gasteiger partial charge on any atom is -0.467 e. The maximum atomic E-state index is 6.08. The maximum absolute atomic E-state index is 6.08. The van der Waals surface area contributed by atoms with Gasteiger partial charge in [0.25, 0.3) is 0 Å². The molecule has 0 aliphatic carbocycles. The lowest BCUT2D eigenvalue weighted by molar-refractivity contribution is 0.360. The Morgan fingerprint density at radius 2 is 2.00 bits per heavy atom. The fraction of sp³-hybridized carbons (Fsp3) is 0.308. The van der Waals surface area contributed by atoms with E-state index in [-0.39, 0.29) is 12.0 Å². The number of aromatic nitrogens is 3. The molecular formula is C13H14BrClN4O2. The molecule has 0 atom stereocenters. The van der Waals surface area contributed by atoms with Crippen LogP contribution in [0.4, 0.5) is 5.95 Å². The zero-order valence-corrected chi connectivity index (χ0v) is 13.9. The first-order chi connectivity index (χ1) is 10.1. The summed E-state index contributed by atoms with van der Waals surface area (Å²) in [5.74, 6) is 0.838. The summed E-state index contributed by atoms with van der Waals surface area (Å²) in [6, 6.07) is 5.55. The number of rotatable bonds is 6. The Morgan fingerprint density at radius 3 is 2.71 bits per heavy atom. The maximum Gasteiger partial charge on any atom is 0.330 e. The predicted octanol–water partition coefficient (Wildman–Crippen LogP) is 3.91. The van der Waals surface area contributed by atoms with Crippen molar-refractivity contribution in [1.29, 1.82) is 0 Å². The van der Waals surface area contributed by atoms with E-state index < -0.39 is 0 Å². The zero-order chi connectivity index (χ0) is 15.2. The van der Waals surface area contributed by atoms with Crippen LogP contribution >= 0.6 is 27.5 Å². The molecule has 1 N–H and O–H groups in total. The fourth-order valence-corrected chi connectivity index (χ4v) is 1.94. The predicted molar refractivity (Wildman–Crippen MR) is 84.4 cm³/mol. The number of halogens is 2. The van der Waals surface area contributed by atoms with Gasteiger partial charge in [0.2, 0.25) is 5.95 Å². The SMILES string of the molecule is CCCNc1nc(OC)nc(Oc2cc(Br)ccc2Cl)n1. The molecular weight excluding hydrogens is 360 g/mol. The van der Waals surface area contributed by atoms with Crippen LogP contribution in [-0.2, 0) is 0 Å². The summed E-state index contributed by atoms with van der Waals surface area (Å²) in [4.78, 5) is 12.3. The van der Waals surface area contributed by atoms with Crippen LogP contribution < -0.4 is 14.8 Å². The van der Waals surface area contributed by atoms with Crippen LogP contribution in [-0.4, -0.2) is 28.6 Å². The van der Waals surface area contributed by atoms with Crippen molar-refractivity contribution in [2.75, 3.05) is 19.0 Å². The zero-order valence-electron chi connectivity index (χ0n) is 11.6. The van der Waals surface area contributed by atoms with Crippen molar-refractivity contribution < 1.29 is 9.47 Å². The highest BCUT2D eigenvalue weighted by Crippen LogP contribution is 2.31. The molecule has 0 fully saturated rings. The molecule has 0 saturated heterocycles. The van der Waals surface area contributed by atoms with E-state index in [0.29, 0.717) is 16.7 Å². The quantitative estimate of drug-likeness (QED) is 0.828. The first-order valence-electron chi connectivity index (χ1n) is 6.29. The van der Waals surface area contributed by atoms with Gasteiger partial charge in [-0.3, -0.25) is 0 Å². The van der Waals surface area contributed by atoms with E-state index in [1.165, 1.54) is 7.11 Å². The monoisotopic (exact) mass is 372 g/mol. The van der Waals surface area contributed by atoms with E-state index in [0.717, 1.165) is 17.4 Å². The number of nitrogens with zero attached hydrogens (tertiary/aromatic N) is 3. The van der Waals surface area contributed by atoms with Crippen molar-refractivity contribution in [3.63, 3.8) is 0 Å². The van der Waals surface area contributed by atoms with Gasteiger partial charge in [-0.1, -0.05) is 34.5 Å². The molecule has 1 aromatic heterocycles. The van der Waals surface area contributed by atoms with Gasteiger partial charge in [-0.05, 0) is 24.6 Å². The van der Waals surface area contributed by atoms with Gasteiger partial charge in [0.05, 0.1) is 12.1 Å². The van der Waals surface area contributed by atoms with Crippen LogP contribution in [0.1, 0.15) is 13.3 Å². The normalized spacial score (nSPS) is 10.3. The van der Waals surface area contributed by atoms with Crippen LogP contribution in [0.25, 0.3) is 0 Å². The first kappa shape index (κ1) is 15.8. The lowest BCUT2D eigenvalue weighted by Crippen LogP contribution is -2.07. The average molecular weight is 374 g/mol. The molecule has 2 rings (SSSR count). The van der Waals surface area contributed by atoms with Crippen molar-refractivity contribution in [2.45, 2.75) is 13.3 Å². The molecule has 6 nitrogen and oxygen atoms in total. The number of benzene rings is 1. The molecule has 8 heteroatoms. The summed E-state index contributed by atoms with van der Waals surface area (Å²) in [7, 11) is 1.48. The van der Waals surface area contributed by atoms with Crippen LogP contribution in [0, 0.1) is 0 Å². The van der Waals surface area contributed by atoms with Crippen molar-refractivity contribution in [3.8, 4) is 17.8 Å². The number of hydrogen-bond acceptors (Lipinski definition) is 6. The molecule has 0 radical (unpaired) electrons.